The molecule has 1 heterocycles. The number of H-pyrrole nitrogens is 1. The number of fused-ring (bicyclic) bond motifs is 1. The molecule has 0 atom stereocenters. The average molecular weight is 309 g/mol. The zero-order valence-corrected chi connectivity index (χ0v) is 12.5. The Kier molecular flexibility index (Phi) is 3.85. The summed E-state index contributed by atoms with van der Waals surface area (Å²) in [7, 11) is 0. The highest BCUT2D eigenvalue weighted by Crippen LogP contribution is 2.29. The van der Waals surface area contributed by atoms with Crippen molar-refractivity contribution in [2.45, 2.75) is 6.92 Å². The van der Waals surface area contributed by atoms with Crippen molar-refractivity contribution < 1.29 is 14.6 Å². The lowest BCUT2D eigenvalue weighted by molar-refractivity contribution is 0.0521. The number of aromatic nitrogens is 1. The first-order valence-electron chi connectivity index (χ1n) is 7.23. The molecule has 3 aromatic rings. The van der Waals surface area contributed by atoms with Crippen LogP contribution in [0, 0.1) is 0 Å². The zero-order valence-electron chi connectivity index (χ0n) is 12.5. The number of aromatic hydroxyl groups is 1. The van der Waals surface area contributed by atoms with Crippen LogP contribution in [0.3, 0.4) is 0 Å². The van der Waals surface area contributed by atoms with E-state index in [4.69, 9.17) is 4.74 Å². The molecule has 23 heavy (non-hydrogen) atoms. The highest BCUT2D eigenvalue weighted by molar-refractivity contribution is 6.00. The first-order chi connectivity index (χ1) is 11.1. The fourth-order valence-electron chi connectivity index (χ4n) is 2.48. The summed E-state index contributed by atoms with van der Waals surface area (Å²) in [4.78, 5) is 26.6. The highest BCUT2D eigenvalue weighted by atomic mass is 16.5. The third-order valence-electron chi connectivity index (χ3n) is 3.57. The summed E-state index contributed by atoms with van der Waals surface area (Å²) in [6, 6.07) is 14.9. The molecule has 0 fully saturated rings. The van der Waals surface area contributed by atoms with Crippen LogP contribution >= 0.6 is 0 Å². The van der Waals surface area contributed by atoms with Crippen LogP contribution in [0.2, 0.25) is 0 Å². The van der Waals surface area contributed by atoms with Gasteiger partial charge in [0.05, 0.1) is 12.1 Å². The van der Waals surface area contributed by atoms with E-state index in [2.05, 4.69) is 4.98 Å². The maximum Gasteiger partial charge on any atom is 0.347 e. The van der Waals surface area contributed by atoms with E-state index in [9.17, 15) is 14.7 Å². The summed E-state index contributed by atoms with van der Waals surface area (Å²) in [5, 5.41) is 10.7. The smallest absolute Gasteiger partial charge is 0.347 e. The van der Waals surface area contributed by atoms with E-state index in [-0.39, 0.29) is 17.9 Å². The molecule has 0 radical (unpaired) electrons. The number of hydrogen-bond acceptors (Lipinski definition) is 4. The molecule has 0 amide bonds. The normalized spacial score (nSPS) is 10.7. The molecule has 3 rings (SSSR count). The van der Waals surface area contributed by atoms with Gasteiger partial charge in [-0.3, -0.25) is 4.79 Å². The number of carbonyl (C=O) groups excluding carboxylic acids is 1. The molecule has 0 bridgehead atoms. The monoisotopic (exact) mass is 309 g/mol. The summed E-state index contributed by atoms with van der Waals surface area (Å²) in [5.74, 6) is -1.19. The molecule has 5 heteroatoms. The summed E-state index contributed by atoms with van der Waals surface area (Å²) >= 11 is 0. The second kappa shape index (κ2) is 5.96. The Bertz CT molecular complexity index is 929. The summed E-state index contributed by atoms with van der Waals surface area (Å²) < 4.78 is 4.81. The maximum atomic E-state index is 12.1. The van der Waals surface area contributed by atoms with Gasteiger partial charge in [0.2, 0.25) is 0 Å². The Balaban J connectivity index is 2.18. The average Bonchev–Trinajstić information content (AvgIpc) is 2.55. The van der Waals surface area contributed by atoms with Gasteiger partial charge in [-0.15, -0.1) is 0 Å². The topological polar surface area (TPSA) is 79.4 Å². The zero-order chi connectivity index (χ0) is 16.4. The van der Waals surface area contributed by atoms with E-state index in [1.807, 2.05) is 36.4 Å². The molecular weight excluding hydrogens is 294 g/mol. The summed E-state index contributed by atoms with van der Waals surface area (Å²) in [5.41, 5.74) is 1.31. The third kappa shape index (κ3) is 2.68. The van der Waals surface area contributed by atoms with Crippen molar-refractivity contribution in [1.82, 2.24) is 4.98 Å². The number of rotatable bonds is 3. The van der Waals surface area contributed by atoms with Crippen molar-refractivity contribution in [3.8, 4) is 16.9 Å². The van der Waals surface area contributed by atoms with Crippen LogP contribution in [0.15, 0.2) is 53.3 Å². The van der Waals surface area contributed by atoms with Crippen molar-refractivity contribution in [3.63, 3.8) is 0 Å². The minimum Gasteiger partial charge on any atom is -0.506 e. The number of carbonyl (C=O) groups is 1. The van der Waals surface area contributed by atoms with Crippen LogP contribution in [-0.2, 0) is 4.74 Å². The molecule has 0 saturated carbocycles. The van der Waals surface area contributed by atoms with Gasteiger partial charge in [-0.05, 0) is 30.2 Å². The van der Waals surface area contributed by atoms with E-state index in [1.54, 1.807) is 19.1 Å². The van der Waals surface area contributed by atoms with Crippen LogP contribution in [-0.4, -0.2) is 22.7 Å². The van der Waals surface area contributed by atoms with Crippen molar-refractivity contribution in [3.05, 3.63) is 64.4 Å². The number of aromatic amines is 1. The number of esters is 1. The molecule has 0 aliphatic heterocycles. The quantitative estimate of drug-likeness (QED) is 0.729. The maximum absolute atomic E-state index is 12.1. The predicted molar refractivity (Wildman–Crippen MR) is 87.6 cm³/mol. The Morgan fingerprint density at radius 3 is 2.57 bits per heavy atom. The number of nitrogens with one attached hydrogen (secondary N) is 1. The van der Waals surface area contributed by atoms with Crippen molar-refractivity contribution in [2.75, 3.05) is 6.61 Å². The first-order valence-corrected chi connectivity index (χ1v) is 7.23. The van der Waals surface area contributed by atoms with E-state index < -0.39 is 11.5 Å². The Labute approximate surface area is 132 Å². The SMILES string of the molecule is CCOC(=O)c1c(O)c2ccc(-c3ccccc3)cc2[nH]c1=O. The van der Waals surface area contributed by atoms with Crippen LogP contribution < -0.4 is 5.56 Å². The van der Waals surface area contributed by atoms with Crippen molar-refractivity contribution in [2.24, 2.45) is 0 Å². The minimum atomic E-state index is -0.833. The van der Waals surface area contributed by atoms with Gasteiger partial charge >= 0.3 is 5.97 Å². The molecule has 0 aliphatic rings. The van der Waals surface area contributed by atoms with Gasteiger partial charge in [-0.25, -0.2) is 4.79 Å². The summed E-state index contributed by atoms with van der Waals surface area (Å²) in [6.45, 7) is 1.76. The van der Waals surface area contributed by atoms with E-state index in [0.29, 0.717) is 10.9 Å². The molecule has 0 unspecified atom stereocenters. The number of ether oxygens (including phenoxy) is 1. The van der Waals surface area contributed by atoms with Crippen LogP contribution in [0.25, 0.3) is 22.0 Å². The predicted octanol–water partition coefficient (Wildman–Crippen LogP) is 3.08. The Morgan fingerprint density at radius 1 is 1.13 bits per heavy atom. The van der Waals surface area contributed by atoms with Crippen molar-refractivity contribution >= 4 is 16.9 Å². The first kappa shape index (κ1) is 14.8. The van der Waals surface area contributed by atoms with Crippen LogP contribution in [0.4, 0.5) is 0 Å². The van der Waals surface area contributed by atoms with Gasteiger partial charge in [0, 0.05) is 5.39 Å². The molecule has 1 aromatic heterocycles. The highest BCUT2D eigenvalue weighted by Gasteiger charge is 2.20. The fraction of sp³-hybridized carbons (Fsp3) is 0.111. The van der Waals surface area contributed by atoms with Gasteiger partial charge in [0.15, 0.2) is 5.56 Å². The standard InChI is InChI=1S/C18H15NO4/c1-2-23-18(22)15-16(20)13-9-8-12(10-14(13)19-17(15)21)11-6-4-3-5-7-11/h3-10H,2H2,1H3,(H2,19,20,21). The molecule has 116 valence electrons. The van der Waals surface area contributed by atoms with E-state index in [0.717, 1.165) is 11.1 Å². The van der Waals surface area contributed by atoms with Crippen LogP contribution in [0.5, 0.6) is 5.75 Å². The molecule has 2 aromatic carbocycles. The third-order valence-corrected chi connectivity index (χ3v) is 3.57. The van der Waals surface area contributed by atoms with Gasteiger partial charge in [0.1, 0.15) is 5.75 Å². The van der Waals surface area contributed by atoms with Gasteiger partial charge < -0.3 is 14.8 Å². The van der Waals surface area contributed by atoms with Crippen molar-refractivity contribution in [1.29, 1.82) is 0 Å². The van der Waals surface area contributed by atoms with Crippen LogP contribution in [0.1, 0.15) is 17.3 Å². The lowest BCUT2D eigenvalue weighted by Crippen LogP contribution is -2.20. The summed E-state index contributed by atoms with van der Waals surface area (Å²) in [6.07, 6.45) is 0. The van der Waals surface area contributed by atoms with Gasteiger partial charge in [-0.2, -0.15) is 0 Å². The number of hydrogen-bond donors (Lipinski definition) is 2. The molecular formula is C18H15NO4. The van der Waals surface area contributed by atoms with Gasteiger partial charge in [0.25, 0.3) is 5.56 Å². The Morgan fingerprint density at radius 2 is 1.87 bits per heavy atom. The van der Waals surface area contributed by atoms with E-state index >= 15 is 0 Å². The largest absolute Gasteiger partial charge is 0.506 e. The lowest BCUT2D eigenvalue weighted by atomic mass is 10.0. The molecule has 2 N–H and O–H groups in total. The number of pyridine rings is 1. The van der Waals surface area contributed by atoms with E-state index in [1.165, 1.54) is 0 Å². The number of benzene rings is 2. The molecule has 5 nitrogen and oxygen atoms in total. The second-order valence-electron chi connectivity index (χ2n) is 5.02. The fourth-order valence-corrected chi connectivity index (χ4v) is 2.48. The molecule has 0 spiro atoms. The second-order valence-corrected chi connectivity index (χ2v) is 5.02. The molecule has 0 saturated heterocycles. The Hall–Kier alpha value is -3.08. The minimum absolute atomic E-state index is 0.128. The molecule has 0 aliphatic carbocycles. The van der Waals surface area contributed by atoms with Gasteiger partial charge in [-0.1, -0.05) is 36.4 Å². The lowest BCUT2D eigenvalue weighted by Gasteiger charge is -2.08.